The fourth-order valence-electron chi connectivity index (χ4n) is 2.23. The summed E-state index contributed by atoms with van der Waals surface area (Å²) < 4.78 is 22.8. The maximum Gasteiger partial charge on any atom is 0.330 e. The Labute approximate surface area is 141 Å². The summed E-state index contributed by atoms with van der Waals surface area (Å²) in [6.07, 6.45) is 5.51. The lowest BCUT2D eigenvalue weighted by Gasteiger charge is -2.16. The van der Waals surface area contributed by atoms with E-state index in [1.54, 1.807) is 0 Å². The zero-order chi connectivity index (χ0) is 17.0. The van der Waals surface area contributed by atoms with Gasteiger partial charge in [-0.1, -0.05) is 42.4 Å². The van der Waals surface area contributed by atoms with E-state index in [2.05, 4.69) is 43.0 Å². The molecule has 128 valence electrons. The zero-order valence-corrected chi connectivity index (χ0v) is 15.5. The van der Waals surface area contributed by atoms with Gasteiger partial charge in [0.25, 0.3) is 0 Å². The van der Waals surface area contributed by atoms with Crippen LogP contribution in [0, 0.1) is 18.8 Å². The van der Waals surface area contributed by atoms with Crippen LogP contribution in [0.5, 0.6) is 0 Å². The molecule has 0 N–H and O–H groups in total. The Bertz CT molecular complexity index is 530. The van der Waals surface area contributed by atoms with Crippen molar-refractivity contribution in [2.45, 2.75) is 52.9 Å². The Balaban J connectivity index is 2.16. The molecule has 0 aromatic heterocycles. The predicted molar refractivity (Wildman–Crippen MR) is 96.9 cm³/mol. The van der Waals surface area contributed by atoms with Gasteiger partial charge < -0.3 is 9.05 Å². The van der Waals surface area contributed by atoms with Gasteiger partial charge in [0.15, 0.2) is 0 Å². The topological polar surface area (TPSA) is 35.5 Å². The van der Waals surface area contributed by atoms with Crippen LogP contribution in [0.3, 0.4) is 0 Å². The summed E-state index contributed by atoms with van der Waals surface area (Å²) in [4.78, 5) is 0. The third-order valence-electron chi connectivity index (χ3n) is 3.42. The van der Waals surface area contributed by atoms with Crippen LogP contribution < -0.4 is 0 Å². The van der Waals surface area contributed by atoms with Crippen molar-refractivity contribution in [3.8, 4) is 11.8 Å². The Kier molecular flexibility index (Phi) is 9.96. The molecule has 4 heteroatoms. The van der Waals surface area contributed by atoms with E-state index in [1.165, 1.54) is 5.56 Å². The summed E-state index contributed by atoms with van der Waals surface area (Å²) in [6, 6.07) is 8.28. The van der Waals surface area contributed by atoms with Gasteiger partial charge in [0.05, 0.1) is 19.4 Å². The molecule has 0 bridgehead atoms. The second-order valence-electron chi connectivity index (χ2n) is 5.50. The van der Waals surface area contributed by atoms with Crippen LogP contribution in [0.25, 0.3) is 0 Å². The minimum absolute atomic E-state index is 0.436. The van der Waals surface area contributed by atoms with Crippen LogP contribution in [0.2, 0.25) is 0 Å². The van der Waals surface area contributed by atoms with E-state index in [1.807, 2.05) is 13.8 Å². The first kappa shape index (κ1) is 20.0. The summed E-state index contributed by atoms with van der Waals surface area (Å²) >= 11 is 0. The molecule has 0 aliphatic carbocycles. The lowest BCUT2D eigenvalue weighted by Crippen LogP contribution is -2.00. The molecule has 0 heterocycles. The van der Waals surface area contributed by atoms with Crippen molar-refractivity contribution in [3.63, 3.8) is 0 Å². The second kappa shape index (κ2) is 11.5. The summed E-state index contributed by atoms with van der Waals surface area (Å²) in [5, 5.41) is 0. The molecule has 1 aromatic carbocycles. The quantitative estimate of drug-likeness (QED) is 0.319. The van der Waals surface area contributed by atoms with Crippen molar-refractivity contribution in [1.29, 1.82) is 0 Å². The predicted octanol–water partition coefficient (Wildman–Crippen LogP) is 5.56. The van der Waals surface area contributed by atoms with E-state index in [-0.39, 0.29) is 0 Å². The summed E-state index contributed by atoms with van der Waals surface area (Å²) in [5.41, 5.74) is 2.33. The summed E-state index contributed by atoms with van der Waals surface area (Å²) in [6.45, 7) is 6.64. The third kappa shape index (κ3) is 8.96. The molecular formula is C19H29O3P. The number of benzene rings is 1. The van der Waals surface area contributed by atoms with Gasteiger partial charge in [-0.3, -0.25) is 4.57 Å². The molecule has 0 aliphatic heterocycles. The molecule has 0 aliphatic rings. The van der Waals surface area contributed by atoms with E-state index in [9.17, 15) is 4.57 Å². The fourth-order valence-corrected chi connectivity index (χ4v) is 3.96. The second-order valence-corrected chi connectivity index (χ2v) is 7.69. The Morgan fingerprint density at radius 2 is 1.57 bits per heavy atom. The zero-order valence-electron chi connectivity index (χ0n) is 14.6. The van der Waals surface area contributed by atoms with E-state index in [4.69, 9.17) is 9.05 Å². The lowest BCUT2D eigenvalue weighted by atomic mass is 10.1. The van der Waals surface area contributed by atoms with Crippen molar-refractivity contribution in [3.05, 3.63) is 35.4 Å². The lowest BCUT2D eigenvalue weighted by molar-refractivity contribution is 0.219. The highest BCUT2D eigenvalue weighted by Gasteiger charge is 2.22. The molecule has 1 aromatic rings. The number of unbranched alkanes of at least 4 members (excludes halogenated alkanes) is 4. The monoisotopic (exact) mass is 336 g/mol. The highest BCUT2D eigenvalue weighted by Crippen LogP contribution is 2.48. The van der Waals surface area contributed by atoms with Crippen molar-refractivity contribution in [1.82, 2.24) is 0 Å². The summed E-state index contributed by atoms with van der Waals surface area (Å²) in [7, 11) is -2.85. The molecule has 0 spiro atoms. The minimum atomic E-state index is -2.85. The molecule has 0 unspecified atom stereocenters. The van der Waals surface area contributed by atoms with Gasteiger partial charge in [0, 0.05) is 12.0 Å². The first-order valence-electron chi connectivity index (χ1n) is 8.53. The summed E-state index contributed by atoms with van der Waals surface area (Å²) in [5.74, 6) is 6.40. The molecule has 23 heavy (non-hydrogen) atoms. The maximum atomic E-state index is 12.3. The van der Waals surface area contributed by atoms with Crippen molar-refractivity contribution in [2.24, 2.45) is 0 Å². The normalized spacial score (nSPS) is 11.1. The number of rotatable bonds is 10. The van der Waals surface area contributed by atoms with Gasteiger partial charge >= 0.3 is 7.60 Å². The van der Waals surface area contributed by atoms with E-state index in [0.29, 0.717) is 19.4 Å². The number of hydrogen-bond donors (Lipinski definition) is 0. The highest BCUT2D eigenvalue weighted by atomic mass is 31.2. The largest absolute Gasteiger partial charge is 0.330 e. The van der Waals surface area contributed by atoms with Gasteiger partial charge in [0.2, 0.25) is 0 Å². The third-order valence-corrected chi connectivity index (χ3v) is 5.59. The molecule has 0 fully saturated rings. The van der Waals surface area contributed by atoms with Crippen LogP contribution in [0.15, 0.2) is 24.3 Å². The van der Waals surface area contributed by atoms with Crippen LogP contribution in [0.1, 0.15) is 57.1 Å². The molecule has 0 saturated carbocycles. The molecule has 3 nitrogen and oxygen atoms in total. The average Bonchev–Trinajstić information content (AvgIpc) is 2.52. The highest BCUT2D eigenvalue weighted by molar-refractivity contribution is 7.53. The van der Waals surface area contributed by atoms with Gasteiger partial charge in [-0.2, -0.15) is 0 Å². The van der Waals surface area contributed by atoms with Crippen molar-refractivity contribution >= 4 is 7.60 Å². The molecule has 0 radical (unpaired) electrons. The van der Waals surface area contributed by atoms with Crippen LogP contribution in [-0.2, 0) is 13.6 Å². The Morgan fingerprint density at radius 3 is 2.17 bits per heavy atom. The SMILES string of the molecule is CCOP(=O)(CCCCCCC#Cc1ccc(C)cc1)OCC. The molecule has 0 amide bonds. The number of aryl methyl sites for hydroxylation is 1. The van der Waals surface area contributed by atoms with E-state index in [0.717, 1.165) is 37.7 Å². The van der Waals surface area contributed by atoms with Crippen LogP contribution in [0.4, 0.5) is 0 Å². The smallest absolute Gasteiger partial charge is 0.309 e. The maximum absolute atomic E-state index is 12.3. The van der Waals surface area contributed by atoms with Crippen LogP contribution >= 0.6 is 7.60 Å². The van der Waals surface area contributed by atoms with E-state index < -0.39 is 7.60 Å². The fraction of sp³-hybridized carbons (Fsp3) is 0.579. The molecule has 0 saturated heterocycles. The standard InChI is InChI=1S/C19H29O3P/c1-4-21-23(20,22-5-2)17-11-9-7-6-8-10-12-19-15-13-18(3)14-16-19/h13-16H,4-9,11,17H2,1-3H3. The first-order valence-corrected chi connectivity index (χ1v) is 10.3. The molecule has 1 rings (SSSR count). The van der Waals surface area contributed by atoms with Gasteiger partial charge in [-0.15, -0.1) is 0 Å². The average molecular weight is 336 g/mol. The Hall–Kier alpha value is -1.07. The van der Waals surface area contributed by atoms with Gasteiger partial charge in [0.1, 0.15) is 0 Å². The van der Waals surface area contributed by atoms with Crippen LogP contribution in [-0.4, -0.2) is 19.4 Å². The van der Waals surface area contributed by atoms with Gasteiger partial charge in [-0.25, -0.2) is 0 Å². The Morgan fingerprint density at radius 1 is 0.957 bits per heavy atom. The minimum Gasteiger partial charge on any atom is -0.309 e. The van der Waals surface area contributed by atoms with E-state index >= 15 is 0 Å². The first-order chi connectivity index (χ1) is 11.1. The van der Waals surface area contributed by atoms with Gasteiger partial charge in [-0.05, 0) is 45.7 Å². The van der Waals surface area contributed by atoms with Crippen molar-refractivity contribution in [2.75, 3.05) is 19.4 Å². The molecule has 0 atom stereocenters. The molecular weight excluding hydrogens is 307 g/mol. The number of hydrogen-bond acceptors (Lipinski definition) is 3. The van der Waals surface area contributed by atoms with Crippen molar-refractivity contribution < 1.29 is 13.6 Å².